The molecule has 0 aliphatic carbocycles. The summed E-state index contributed by atoms with van der Waals surface area (Å²) in [6, 6.07) is 0. The summed E-state index contributed by atoms with van der Waals surface area (Å²) in [5.74, 6) is 0. The first-order chi connectivity index (χ1) is 18.0. The fourth-order valence-corrected chi connectivity index (χ4v) is 30.6. The van der Waals surface area contributed by atoms with Crippen LogP contribution in [0.4, 0.5) is 0 Å². The van der Waals surface area contributed by atoms with Crippen molar-refractivity contribution in [2.45, 2.75) is 0 Å². The van der Waals surface area contributed by atoms with Gasteiger partial charge in [0.1, 0.15) is 0 Å². The van der Waals surface area contributed by atoms with Crippen molar-refractivity contribution in [1.29, 1.82) is 0 Å². The molecule has 0 aliphatic rings. The Morgan fingerprint density at radius 2 is 0.568 bits per heavy atom. The molecule has 0 aromatic heterocycles. The van der Waals surface area contributed by atoms with Crippen LogP contribution in [-0.4, -0.2) is 304 Å². The second-order valence-corrected chi connectivity index (χ2v) is 33.6. The third kappa shape index (κ3) is 24.8. The van der Waals surface area contributed by atoms with Crippen LogP contribution in [0.2, 0.25) is 0 Å². The first-order valence-electron chi connectivity index (χ1n) is 8.85. The molecule has 0 heterocycles. The summed E-state index contributed by atoms with van der Waals surface area (Å²) in [6.45, 7) is -0.907. The predicted octanol–water partition coefficient (Wildman–Crippen LogP) is -8.40. The molecule has 0 rings (SSSR count). The standard InChI is InChI=1S/9CH2O2.10Bi.14H/c9*2-1-3;;;;;;;;;;;;;;;;;;;;;;;;/h9*1H2;;;;;;;;;;;;;;;;;;;;;;;;/q9*-2;7*+1;+3;2*+4;;;;;;;;;;;;;;. The molecule has 0 saturated heterocycles. The quantitative estimate of drug-likeness (QED) is 0.0512. The van der Waals surface area contributed by atoms with Crippen LogP contribution in [-0.2, 0) is 50.6 Å². The molecular formula is C9H32Bi10O18. The molecule has 0 unspecified atom stereocenters. The van der Waals surface area contributed by atoms with E-state index < -0.39 is 73.9 Å². The Balaban J connectivity index is 5.46. The molecule has 0 atom stereocenters. The molecule has 0 amide bonds. The normalized spacial score (nSPS) is 12.6. The minimum absolute atomic E-state index is 0.0598. The van der Waals surface area contributed by atoms with E-state index >= 15 is 0 Å². The second kappa shape index (κ2) is 32.6. The number of hydrogen-bond donors (Lipinski definition) is 0. The van der Waals surface area contributed by atoms with Gasteiger partial charge < -0.3 is 0 Å². The maximum absolute atomic E-state index is 5.92. The van der Waals surface area contributed by atoms with Gasteiger partial charge in [0, 0.05) is 0 Å². The first kappa shape index (κ1) is 45.1. The van der Waals surface area contributed by atoms with Crippen molar-refractivity contribution in [2.75, 3.05) is 61.1 Å². The van der Waals surface area contributed by atoms with Gasteiger partial charge in [0.2, 0.25) is 0 Å². The van der Waals surface area contributed by atoms with Crippen molar-refractivity contribution >= 4 is 243 Å². The Kier molecular flexibility index (Phi) is 39.8. The fourth-order valence-electron chi connectivity index (χ4n) is 1.46. The summed E-state index contributed by atoms with van der Waals surface area (Å²) in [5, 5.41) is 0. The Morgan fingerprint density at radius 3 is 0.865 bits per heavy atom. The van der Waals surface area contributed by atoms with Crippen LogP contribution >= 0.6 is 0 Å². The third-order valence-electron chi connectivity index (χ3n) is 2.64. The van der Waals surface area contributed by atoms with Crippen molar-refractivity contribution in [3.63, 3.8) is 0 Å². The van der Waals surface area contributed by atoms with Gasteiger partial charge in [-0.05, 0) is 0 Å². The molecule has 37 heavy (non-hydrogen) atoms. The molecule has 0 N–H and O–H groups in total. The van der Waals surface area contributed by atoms with E-state index in [1.165, 1.54) is 0 Å². The van der Waals surface area contributed by atoms with Crippen molar-refractivity contribution < 1.29 is 50.6 Å². The Hall–Kier alpha value is 8.11. The van der Waals surface area contributed by atoms with Crippen LogP contribution in [0, 0.1) is 0 Å². The van der Waals surface area contributed by atoms with Gasteiger partial charge in [-0.1, -0.05) is 0 Å². The summed E-state index contributed by atoms with van der Waals surface area (Å²) < 4.78 is 99.2. The number of rotatable bonds is 29. The minimum atomic E-state index is -4.92. The SMILES string of the molecule is [BiH2][O]C[O][Bi]([O]C[O][BiH2])[O]C[O][Bi]([O]C[O][BiH2])([O]C[O][BiH2])[O]C[O][Bi]([O]C[O][BiH2])([O]C[O][BiH2])[O]C[O][BiH2]. The van der Waals surface area contributed by atoms with Crippen molar-refractivity contribution in [3.8, 4) is 0 Å². The van der Waals surface area contributed by atoms with Gasteiger partial charge in [0.25, 0.3) is 0 Å². The average molecular weight is 2520 g/mol. The summed E-state index contributed by atoms with van der Waals surface area (Å²) >= 11 is -11.2. The van der Waals surface area contributed by atoms with Crippen molar-refractivity contribution in [1.82, 2.24) is 0 Å². The van der Waals surface area contributed by atoms with E-state index in [9.17, 15) is 0 Å². The molecule has 0 aliphatic heterocycles. The molecule has 0 bridgehead atoms. The van der Waals surface area contributed by atoms with Crippen LogP contribution in [0.25, 0.3) is 0 Å². The van der Waals surface area contributed by atoms with Crippen LogP contribution in [0.3, 0.4) is 0 Å². The fraction of sp³-hybridized carbons (Fsp3) is 1.00. The van der Waals surface area contributed by atoms with Gasteiger partial charge in [-0.15, -0.1) is 0 Å². The summed E-state index contributed by atoms with van der Waals surface area (Å²) in [5.41, 5.74) is 0. The Morgan fingerprint density at radius 1 is 0.324 bits per heavy atom. The molecule has 226 valence electrons. The molecule has 0 spiro atoms. The van der Waals surface area contributed by atoms with Crippen molar-refractivity contribution in [3.05, 3.63) is 0 Å². The van der Waals surface area contributed by atoms with Gasteiger partial charge in [-0.3, -0.25) is 0 Å². The van der Waals surface area contributed by atoms with E-state index in [-0.39, 0.29) is 180 Å². The average Bonchev–Trinajstić information content (AvgIpc) is 2.92. The van der Waals surface area contributed by atoms with Gasteiger partial charge in [-0.2, -0.15) is 0 Å². The third-order valence-corrected chi connectivity index (χ3v) is 23.1. The molecule has 28 heteroatoms. The van der Waals surface area contributed by atoms with Crippen LogP contribution in [0.15, 0.2) is 0 Å². The van der Waals surface area contributed by atoms with E-state index in [1.54, 1.807) is 0 Å². The summed E-state index contributed by atoms with van der Waals surface area (Å²) in [7, 11) is 0. The molecule has 0 fully saturated rings. The zero-order chi connectivity index (χ0) is 27.7. The van der Waals surface area contributed by atoms with E-state index in [0.717, 1.165) is 0 Å². The summed E-state index contributed by atoms with van der Waals surface area (Å²) in [6.07, 6.45) is 0. The zero-order valence-electron chi connectivity index (χ0n) is 19.1. The summed E-state index contributed by atoms with van der Waals surface area (Å²) in [4.78, 5) is 0. The predicted molar refractivity (Wildman–Crippen MR) is 140 cm³/mol. The molecule has 0 saturated carbocycles. The van der Waals surface area contributed by atoms with Crippen LogP contribution < -0.4 is 0 Å². The van der Waals surface area contributed by atoms with Gasteiger partial charge in [0.15, 0.2) is 0 Å². The Labute approximate surface area is 346 Å². The van der Waals surface area contributed by atoms with E-state index in [1.807, 2.05) is 0 Å². The van der Waals surface area contributed by atoms with Gasteiger partial charge >= 0.3 is 355 Å². The van der Waals surface area contributed by atoms with Crippen LogP contribution in [0.1, 0.15) is 0 Å². The molecule has 18 nitrogen and oxygen atoms in total. The zero-order valence-corrected chi connectivity index (χ0v) is 60.9. The molecule has 0 aromatic rings. The second-order valence-electron chi connectivity index (χ2n) is 4.77. The van der Waals surface area contributed by atoms with E-state index in [2.05, 4.69) is 0 Å². The van der Waals surface area contributed by atoms with Crippen molar-refractivity contribution in [2.24, 2.45) is 0 Å². The van der Waals surface area contributed by atoms with E-state index in [4.69, 9.17) is 50.6 Å². The monoisotopic (exact) mass is 2520 g/mol. The Bertz CT molecular complexity index is 467. The molecular weight excluding hydrogens is 2490 g/mol. The van der Waals surface area contributed by atoms with E-state index in [0.29, 0.717) is 50.3 Å². The maximum atomic E-state index is 5.92. The molecule has 2 radical (unpaired) electrons. The molecule has 0 aromatic carbocycles. The topological polar surface area (TPSA) is 166 Å². The van der Waals surface area contributed by atoms with Gasteiger partial charge in [-0.25, -0.2) is 0 Å². The number of hydrogen-bond acceptors (Lipinski definition) is 18. The van der Waals surface area contributed by atoms with Crippen LogP contribution in [0.5, 0.6) is 0 Å². The van der Waals surface area contributed by atoms with Gasteiger partial charge in [0.05, 0.1) is 0 Å². The first-order valence-corrected chi connectivity index (χ1v) is 37.3.